The number of hydrogen-bond acceptors (Lipinski definition) is 2. The first-order valence-electron chi connectivity index (χ1n) is 5.66. The van der Waals surface area contributed by atoms with E-state index in [9.17, 15) is 4.79 Å². The number of rotatable bonds is 10. The van der Waals surface area contributed by atoms with Crippen molar-refractivity contribution in [1.82, 2.24) is 0 Å². The Kier molecular flexibility index (Phi) is 11.5. The molecule has 14 heavy (non-hydrogen) atoms. The lowest BCUT2D eigenvalue weighted by molar-refractivity contribution is -0.123. The van der Waals surface area contributed by atoms with Gasteiger partial charge in [-0.2, -0.15) is 0 Å². The van der Waals surface area contributed by atoms with Crippen molar-refractivity contribution in [3.05, 3.63) is 12.3 Å². The second-order valence-electron chi connectivity index (χ2n) is 3.51. The fourth-order valence-electron chi connectivity index (χ4n) is 1.37. The lowest BCUT2D eigenvalue weighted by atomic mass is 10.1. The summed E-state index contributed by atoms with van der Waals surface area (Å²) in [5.41, 5.74) is 0. The van der Waals surface area contributed by atoms with Gasteiger partial charge in [0.1, 0.15) is 0 Å². The first-order valence-corrected chi connectivity index (χ1v) is 5.66. The Hall–Kier alpha value is -0.790. The van der Waals surface area contributed by atoms with Crippen LogP contribution in [0.15, 0.2) is 12.3 Å². The van der Waals surface area contributed by atoms with Gasteiger partial charge in [0.15, 0.2) is 0 Å². The molecule has 0 bridgehead atoms. The van der Waals surface area contributed by atoms with Crippen LogP contribution in [0.3, 0.4) is 0 Å². The minimum Gasteiger partial charge on any atom is -0.437 e. The van der Waals surface area contributed by atoms with E-state index in [1.807, 2.05) is 6.08 Å². The summed E-state index contributed by atoms with van der Waals surface area (Å²) in [7, 11) is 0. The molecule has 0 saturated heterocycles. The van der Waals surface area contributed by atoms with E-state index in [0.717, 1.165) is 6.42 Å². The second-order valence-corrected chi connectivity index (χ2v) is 3.51. The molecular formula is C12H22O2. The fraction of sp³-hybridized carbons (Fsp3) is 0.750. The minimum absolute atomic E-state index is 0.446. The first kappa shape index (κ1) is 13.2. The smallest absolute Gasteiger partial charge is 0.297 e. The standard InChI is InChI=1S/C12H22O2/c1-2-3-4-5-6-7-8-9-10-11-14-12-13/h10-12H,2-9H2,1H3. The third-order valence-corrected chi connectivity index (χ3v) is 2.20. The molecule has 0 saturated carbocycles. The van der Waals surface area contributed by atoms with Gasteiger partial charge in [-0.25, -0.2) is 0 Å². The van der Waals surface area contributed by atoms with E-state index in [2.05, 4.69) is 11.7 Å². The maximum atomic E-state index is 9.77. The van der Waals surface area contributed by atoms with Gasteiger partial charge in [-0.1, -0.05) is 45.4 Å². The van der Waals surface area contributed by atoms with Crippen LogP contribution in [0, 0.1) is 0 Å². The van der Waals surface area contributed by atoms with Crippen molar-refractivity contribution in [2.45, 2.75) is 58.3 Å². The third-order valence-electron chi connectivity index (χ3n) is 2.20. The Bertz CT molecular complexity index is 141. The normalized spacial score (nSPS) is 10.6. The molecule has 0 aromatic carbocycles. The summed E-state index contributed by atoms with van der Waals surface area (Å²) in [4.78, 5) is 9.77. The Morgan fingerprint density at radius 3 is 2.29 bits per heavy atom. The van der Waals surface area contributed by atoms with Gasteiger partial charge in [0, 0.05) is 0 Å². The van der Waals surface area contributed by atoms with Crippen LogP contribution in [-0.4, -0.2) is 6.47 Å². The Balaban J connectivity index is 2.95. The molecule has 0 aromatic heterocycles. The summed E-state index contributed by atoms with van der Waals surface area (Å²) in [6.45, 7) is 2.68. The van der Waals surface area contributed by atoms with E-state index in [4.69, 9.17) is 0 Å². The molecule has 0 rings (SSSR count). The quantitative estimate of drug-likeness (QED) is 0.303. The molecule has 0 fully saturated rings. The fourth-order valence-corrected chi connectivity index (χ4v) is 1.37. The minimum atomic E-state index is 0.446. The number of ether oxygens (including phenoxy) is 1. The van der Waals surface area contributed by atoms with Crippen molar-refractivity contribution in [2.24, 2.45) is 0 Å². The molecule has 0 radical (unpaired) electrons. The Morgan fingerprint density at radius 2 is 1.64 bits per heavy atom. The van der Waals surface area contributed by atoms with Crippen molar-refractivity contribution in [3.8, 4) is 0 Å². The van der Waals surface area contributed by atoms with E-state index in [1.54, 1.807) is 0 Å². The average molecular weight is 198 g/mol. The third kappa shape index (κ3) is 11.2. The summed E-state index contributed by atoms with van der Waals surface area (Å²) < 4.78 is 4.43. The van der Waals surface area contributed by atoms with Crippen molar-refractivity contribution in [2.75, 3.05) is 0 Å². The molecule has 82 valence electrons. The van der Waals surface area contributed by atoms with Crippen molar-refractivity contribution in [1.29, 1.82) is 0 Å². The molecule has 0 unspecified atom stereocenters. The largest absolute Gasteiger partial charge is 0.437 e. The highest BCUT2D eigenvalue weighted by molar-refractivity contribution is 5.38. The van der Waals surface area contributed by atoms with Crippen LogP contribution in [0.1, 0.15) is 58.3 Å². The van der Waals surface area contributed by atoms with E-state index in [-0.39, 0.29) is 0 Å². The van der Waals surface area contributed by atoms with Gasteiger partial charge in [0.2, 0.25) is 0 Å². The van der Waals surface area contributed by atoms with Crippen molar-refractivity contribution in [3.63, 3.8) is 0 Å². The summed E-state index contributed by atoms with van der Waals surface area (Å²) in [6, 6.07) is 0. The van der Waals surface area contributed by atoms with Crippen LogP contribution in [-0.2, 0) is 9.53 Å². The van der Waals surface area contributed by atoms with Crippen molar-refractivity contribution < 1.29 is 9.53 Å². The Labute approximate surface area is 87.3 Å². The van der Waals surface area contributed by atoms with Crippen LogP contribution >= 0.6 is 0 Å². The van der Waals surface area contributed by atoms with Crippen LogP contribution in [0.4, 0.5) is 0 Å². The van der Waals surface area contributed by atoms with Gasteiger partial charge in [0.05, 0.1) is 6.26 Å². The number of hydrogen-bond donors (Lipinski definition) is 0. The summed E-state index contributed by atoms with van der Waals surface area (Å²) >= 11 is 0. The lowest BCUT2D eigenvalue weighted by Gasteiger charge is -1.98. The summed E-state index contributed by atoms with van der Waals surface area (Å²) in [6.07, 6.45) is 13.6. The zero-order valence-corrected chi connectivity index (χ0v) is 9.21. The molecule has 0 aromatic rings. The highest BCUT2D eigenvalue weighted by Crippen LogP contribution is 2.08. The summed E-state index contributed by atoms with van der Waals surface area (Å²) in [5, 5.41) is 0. The molecule has 0 aliphatic carbocycles. The average Bonchev–Trinajstić information content (AvgIpc) is 2.21. The van der Waals surface area contributed by atoms with Crippen LogP contribution in [0.5, 0.6) is 0 Å². The van der Waals surface area contributed by atoms with E-state index < -0.39 is 0 Å². The van der Waals surface area contributed by atoms with Crippen LogP contribution in [0.2, 0.25) is 0 Å². The Morgan fingerprint density at radius 1 is 1.00 bits per heavy atom. The zero-order chi connectivity index (χ0) is 10.5. The molecule has 0 spiro atoms. The van der Waals surface area contributed by atoms with Crippen LogP contribution in [0.25, 0.3) is 0 Å². The molecule has 2 nitrogen and oxygen atoms in total. The maximum absolute atomic E-state index is 9.77. The van der Waals surface area contributed by atoms with Gasteiger partial charge in [-0.05, 0) is 18.9 Å². The monoisotopic (exact) mass is 198 g/mol. The molecule has 2 heteroatoms. The molecule has 0 atom stereocenters. The van der Waals surface area contributed by atoms with E-state index in [1.165, 1.54) is 51.2 Å². The SMILES string of the molecule is CCCCCCCCCC=COC=O. The molecular weight excluding hydrogens is 176 g/mol. The molecule has 0 aliphatic rings. The first-order chi connectivity index (χ1) is 6.91. The second kappa shape index (κ2) is 12.2. The predicted molar refractivity (Wildman–Crippen MR) is 58.9 cm³/mol. The highest BCUT2D eigenvalue weighted by atomic mass is 16.5. The van der Waals surface area contributed by atoms with Gasteiger partial charge in [-0.15, -0.1) is 0 Å². The zero-order valence-electron chi connectivity index (χ0n) is 9.21. The topological polar surface area (TPSA) is 26.3 Å². The van der Waals surface area contributed by atoms with Gasteiger partial charge in [0.25, 0.3) is 6.47 Å². The van der Waals surface area contributed by atoms with Gasteiger partial charge >= 0.3 is 0 Å². The number of carbonyl (C=O) groups is 1. The number of allylic oxidation sites excluding steroid dienone is 1. The van der Waals surface area contributed by atoms with Crippen LogP contribution < -0.4 is 0 Å². The predicted octanol–water partition coefficient (Wildman–Crippen LogP) is 3.81. The molecule has 0 N–H and O–H groups in total. The van der Waals surface area contributed by atoms with Gasteiger partial charge in [-0.3, -0.25) is 4.79 Å². The highest BCUT2D eigenvalue weighted by Gasteiger charge is 1.89. The molecule has 0 amide bonds. The molecule has 0 heterocycles. The van der Waals surface area contributed by atoms with Crippen molar-refractivity contribution >= 4 is 6.47 Å². The van der Waals surface area contributed by atoms with E-state index in [0.29, 0.717) is 6.47 Å². The lowest BCUT2D eigenvalue weighted by Crippen LogP contribution is -1.79. The maximum Gasteiger partial charge on any atom is 0.297 e. The molecule has 0 aliphatic heterocycles. The van der Waals surface area contributed by atoms with E-state index >= 15 is 0 Å². The summed E-state index contributed by atoms with van der Waals surface area (Å²) in [5.74, 6) is 0. The van der Waals surface area contributed by atoms with Gasteiger partial charge < -0.3 is 4.74 Å². The number of unbranched alkanes of at least 4 members (excludes halogenated alkanes) is 7. The number of carbonyl (C=O) groups excluding carboxylic acids is 1.